The highest BCUT2D eigenvalue weighted by Gasteiger charge is 2.27. The van der Waals surface area contributed by atoms with E-state index >= 15 is 0 Å². The summed E-state index contributed by atoms with van der Waals surface area (Å²) in [7, 11) is 0. The molecule has 2 N–H and O–H groups in total. The highest BCUT2D eigenvalue weighted by molar-refractivity contribution is 5.95. The van der Waals surface area contributed by atoms with Gasteiger partial charge in [0, 0.05) is 31.0 Å². The van der Waals surface area contributed by atoms with Gasteiger partial charge in [0.25, 0.3) is 0 Å². The maximum atomic E-state index is 13.2. The van der Waals surface area contributed by atoms with Crippen LogP contribution >= 0.6 is 0 Å². The summed E-state index contributed by atoms with van der Waals surface area (Å²) < 4.78 is 23.1. The monoisotopic (exact) mass is 625 g/mol. The fourth-order valence-electron chi connectivity index (χ4n) is 6.17. The maximum Gasteiger partial charge on any atom is 0.414 e. The number of rotatable bonds is 10. The summed E-state index contributed by atoms with van der Waals surface area (Å²) in [5, 5.41) is 6.47. The third-order valence-corrected chi connectivity index (χ3v) is 8.35. The zero-order valence-corrected chi connectivity index (χ0v) is 26.9. The van der Waals surface area contributed by atoms with Gasteiger partial charge in [0.2, 0.25) is 12.8 Å². The van der Waals surface area contributed by atoms with Crippen LogP contribution in [0.15, 0.2) is 71.9 Å². The van der Waals surface area contributed by atoms with E-state index in [-0.39, 0.29) is 6.79 Å². The Hall–Kier alpha value is -4.70. The molecule has 0 bridgehead atoms. The van der Waals surface area contributed by atoms with Crippen LogP contribution in [0.25, 0.3) is 0 Å². The van der Waals surface area contributed by atoms with Gasteiger partial charge in [-0.25, -0.2) is 9.79 Å². The van der Waals surface area contributed by atoms with Crippen LogP contribution < -0.4 is 29.6 Å². The second-order valence-corrected chi connectivity index (χ2v) is 12.1. The zero-order valence-electron chi connectivity index (χ0n) is 26.9. The number of nitrogens with one attached hydrogen (secondary N) is 2. The Kier molecular flexibility index (Phi) is 9.93. The number of carbonyl (C=O) groups is 1. The van der Waals surface area contributed by atoms with Gasteiger partial charge in [-0.05, 0) is 100 Å². The molecule has 1 atom stereocenters. The van der Waals surface area contributed by atoms with Crippen LogP contribution in [0, 0.1) is 20.8 Å². The second-order valence-electron chi connectivity index (χ2n) is 12.1. The zero-order chi connectivity index (χ0) is 31.9. The minimum Gasteiger partial charge on any atom is -0.493 e. The van der Waals surface area contributed by atoms with E-state index in [0.717, 1.165) is 46.7 Å². The highest BCUT2D eigenvalue weighted by atomic mass is 16.7. The van der Waals surface area contributed by atoms with E-state index in [1.165, 1.54) is 32.4 Å². The first-order valence-corrected chi connectivity index (χ1v) is 16.1. The van der Waals surface area contributed by atoms with E-state index in [0.29, 0.717) is 36.4 Å². The van der Waals surface area contributed by atoms with E-state index < -0.39 is 12.3 Å². The van der Waals surface area contributed by atoms with E-state index in [1.54, 1.807) is 6.20 Å². The summed E-state index contributed by atoms with van der Waals surface area (Å²) in [6.07, 6.45) is 7.34. The molecule has 0 spiro atoms. The van der Waals surface area contributed by atoms with Gasteiger partial charge in [-0.15, -0.1) is 0 Å². The number of piperidine rings is 1. The van der Waals surface area contributed by atoms with Crippen LogP contribution in [-0.2, 0) is 6.54 Å². The van der Waals surface area contributed by atoms with E-state index in [4.69, 9.17) is 18.9 Å². The summed E-state index contributed by atoms with van der Waals surface area (Å²) in [5.74, 6) is 3.32. The normalized spacial score (nSPS) is 17.4. The lowest BCUT2D eigenvalue weighted by molar-refractivity contribution is 0.173. The lowest BCUT2D eigenvalue weighted by Gasteiger charge is -2.35. The van der Waals surface area contributed by atoms with Crippen molar-refractivity contribution in [3.05, 3.63) is 89.1 Å². The van der Waals surface area contributed by atoms with Crippen molar-refractivity contribution in [3.63, 3.8) is 0 Å². The summed E-state index contributed by atoms with van der Waals surface area (Å²) in [5.41, 5.74) is 4.71. The second kappa shape index (κ2) is 14.6. The van der Waals surface area contributed by atoms with Crippen LogP contribution in [0.1, 0.15) is 47.9 Å². The average molecular weight is 626 g/mol. The Bertz CT molecular complexity index is 1580. The molecule has 10 heteroatoms. The molecule has 1 saturated heterocycles. The molecule has 3 aromatic carbocycles. The molecule has 1 fully saturated rings. The predicted molar refractivity (Wildman–Crippen MR) is 179 cm³/mol. The number of anilines is 1. The first-order valence-electron chi connectivity index (χ1n) is 16.1. The maximum absolute atomic E-state index is 13.2. The molecule has 0 aromatic heterocycles. The minimum absolute atomic E-state index is 0.198. The molecule has 0 aliphatic carbocycles. The Balaban J connectivity index is 1.15. The van der Waals surface area contributed by atoms with Crippen molar-refractivity contribution >= 4 is 17.7 Å². The van der Waals surface area contributed by atoms with Gasteiger partial charge in [-0.2, -0.15) is 0 Å². The SMILES string of the molecule is Cc1cc(C)c(OC(=O)NC2C=CN=C(Nc3cccc(OCCCN4CCCCC4)c3)N2Cc2ccc3c(c2)OCO3)c(C)c1. The molecule has 242 valence electrons. The van der Waals surface area contributed by atoms with Crippen molar-refractivity contribution < 1.29 is 23.7 Å². The number of aryl methyl sites for hydroxylation is 3. The molecule has 46 heavy (non-hydrogen) atoms. The molecule has 0 radical (unpaired) electrons. The molecular formula is C36H43N5O5. The van der Waals surface area contributed by atoms with Crippen LogP contribution in [-0.4, -0.2) is 61.1 Å². The third-order valence-electron chi connectivity index (χ3n) is 8.35. The number of nitrogens with zero attached hydrogens (tertiary/aromatic N) is 3. The Morgan fingerprint density at radius 1 is 0.978 bits per heavy atom. The van der Waals surface area contributed by atoms with E-state index in [9.17, 15) is 4.79 Å². The van der Waals surface area contributed by atoms with Crippen LogP contribution in [0.4, 0.5) is 10.5 Å². The standard InChI is InChI=1S/C36H43N5O5/c1-25-19-26(2)34(27(3)20-25)46-36(42)39-33-13-14-37-35(41(33)23-28-11-12-31-32(21-28)45-24-44-31)38-29-9-7-10-30(22-29)43-18-8-17-40-15-5-4-6-16-40/h7,9-14,19-22,33H,4-6,8,15-18,23-24H2,1-3H3,(H,37,38)(H,39,42). The highest BCUT2D eigenvalue weighted by Crippen LogP contribution is 2.33. The quantitative estimate of drug-likeness (QED) is 0.246. The van der Waals surface area contributed by atoms with E-state index in [1.807, 2.05) is 86.3 Å². The summed E-state index contributed by atoms with van der Waals surface area (Å²) in [6, 6.07) is 17.7. The van der Waals surface area contributed by atoms with Crippen molar-refractivity contribution in [1.29, 1.82) is 0 Å². The number of fused-ring (bicyclic) bond motifs is 1. The molecule has 3 aliphatic heterocycles. The number of ether oxygens (including phenoxy) is 4. The van der Waals surface area contributed by atoms with Crippen molar-refractivity contribution in [3.8, 4) is 23.0 Å². The number of hydrogen-bond donors (Lipinski definition) is 2. The predicted octanol–water partition coefficient (Wildman–Crippen LogP) is 6.51. The van der Waals surface area contributed by atoms with Gasteiger partial charge >= 0.3 is 6.09 Å². The molecular weight excluding hydrogens is 582 g/mol. The first kappa shape index (κ1) is 31.3. The summed E-state index contributed by atoms with van der Waals surface area (Å²) >= 11 is 0. The van der Waals surface area contributed by atoms with E-state index in [2.05, 4.69) is 20.5 Å². The van der Waals surface area contributed by atoms with Crippen LogP contribution in [0.5, 0.6) is 23.0 Å². The number of aliphatic imine (C=N–C) groups is 1. The van der Waals surface area contributed by atoms with Crippen LogP contribution in [0.3, 0.4) is 0 Å². The van der Waals surface area contributed by atoms with Crippen LogP contribution in [0.2, 0.25) is 0 Å². The largest absolute Gasteiger partial charge is 0.493 e. The number of carbonyl (C=O) groups excluding carboxylic acids is 1. The molecule has 1 amide bonds. The van der Waals surface area contributed by atoms with Crippen molar-refractivity contribution in [2.75, 3.05) is 38.4 Å². The molecule has 1 unspecified atom stereocenters. The van der Waals surface area contributed by atoms with Gasteiger partial charge < -0.3 is 34.1 Å². The minimum atomic E-state index is -0.554. The van der Waals surface area contributed by atoms with Gasteiger partial charge in [0.1, 0.15) is 17.7 Å². The van der Waals surface area contributed by atoms with Gasteiger partial charge in [-0.1, -0.05) is 36.2 Å². The first-order chi connectivity index (χ1) is 22.4. The smallest absolute Gasteiger partial charge is 0.414 e. The molecule has 0 saturated carbocycles. The number of likely N-dealkylation sites (tertiary alicyclic amines) is 1. The molecule has 3 heterocycles. The number of guanidine groups is 1. The van der Waals surface area contributed by atoms with Crippen molar-refractivity contribution in [2.24, 2.45) is 4.99 Å². The third kappa shape index (κ3) is 7.92. The lowest BCUT2D eigenvalue weighted by Crippen LogP contribution is -2.53. The fourth-order valence-corrected chi connectivity index (χ4v) is 6.17. The summed E-state index contributed by atoms with van der Waals surface area (Å²) in [6.45, 7) is 10.6. The molecule has 10 nitrogen and oxygen atoms in total. The lowest BCUT2D eigenvalue weighted by atomic mass is 10.1. The molecule has 3 aromatic rings. The average Bonchev–Trinajstić information content (AvgIpc) is 3.51. The number of benzene rings is 3. The Morgan fingerprint density at radius 3 is 2.61 bits per heavy atom. The topological polar surface area (TPSA) is 96.9 Å². The number of amides is 1. The fraction of sp³-hybridized carbons (Fsp3) is 0.389. The number of hydrogen-bond acceptors (Lipinski definition) is 9. The van der Waals surface area contributed by atoms with Gasteiger partial charge in [-0.3, -0.25) is 5.32 Å². The van der Waals surface area contributed by atoms with Crippen molar-refractivity contribution in [2.45, 2.75) is 59.2 Å². The van der Waals surface area contributed by atoms with Gasteiger partial charge in [0.15, 0.2) is 11.5 Å². The molecule has 3 aliphatic rings. The Morgan fingerprint density at radius 2 is 1.78 bits per heavy atom. The van der Waals surface area contributed by atoms with Crippen molar-refractivity contribution in [1.82, 2.24) is 15.1 Å². The van der Waals surface area contributed by atoms with Gasteiger partial charge in [0.05, 0.1) is 6.61 Å². The Labute approximate surface area is 271 Å². The summed E-state index contributed by atoms with van der Waals surface area (Å²) in [4.78, 5) is 22.4. The molecule has 6 rings (SSSR count).